The molecule has 1 aliphatic rings. The molecule has 150 valence electrons. The average molecular weight is 382 g/mol. The summed E-state index contributed by atoms with van der Waals surface area (Å²) in [6.45, 7) is 5.62. The summed E-state index contributed by atoms with van der Waals surface area (Å²) in [6, 6.07) is 16.7. The molecule has 0 radical (unpaired) electrons. The molecule has 0 saturated heterocycles. The molecule has 1 fully saturated rings. The summed E-state index contributed by atoms with van der Waals surface area (Å²) in [5.74, 6) is 2.48. The molecule has 2 aromatic carbocycles. The summed E-state index contributed by atoms with van der Waals surface area (Å²) in [6.07, 6.45) is 2.59. The molecule has 5 nitrogen and oxygen atoms in total. The van der Waals surface area contributed by atoms with Gasteiger partial charge in [-0.05, 0) is 42.9 Å². The lowest BCUT2D eigenvalue weighted by molar-refractivity contribution is 0.134. The fourth-order valence-electron chi connectivity index (χ4n) is 2.84. The fourth-order valence-corrected chi connectivity index (χ4v) is 2.84. The van der Waals surface area contributed by atoms with E-state index >= 15 is 0 Å². The third-order valence-corrected chi connectivity index (χ3v) is 4.77. The first-order chi connectivity index (χ1) is 13.8. The van der Waals surface area contributed by atoms with Crippen LogP contribution in [0.3, 0.4) is 0 Å². The van der Waals surface area contributed by atoms with Crippen molar-refractivity contribution >= 4 is 5.96 Å². The fraction of sp³-hybridized carbons (Fsp3) is 0.435. The van der Waals surface area contributed by atoms with Crippen molar-refractivity contribution in [2.45, 2.75) is 39.5 Å². The predicted octanol–water partition coefficient (Wildman–Crippen LogP) is 3.88. The first kappa shape index (κ1) is 20.2. The highest BCUT2D eigenvalue weighted by atomic mass is 16.5. The molecule has 0 aromatic heterocycles. The Bertz CT molecular complexity index is 755. The standard InChI is InChI=1S/C23H31N3O2/c1-3-27-16-19-10-8-18(9-11-19)14-25-23(24-2)26-15-21-6-4-5-7-22(21)28-17-20-12-13-20/h4-11,20H,3,12-17H2,1-2H3,(H2,24,25,26). The number of rotatable bonds is 10. The SMILES string of the molecule is CCOCc1ccc(CNC(=NC)NCc2ccccc2OCC2CC2)cc1. The Balaban J connectivity index is 1.47. The molecular weight excluding hydrogens is 350 g/mol. The molecule has 3 rings (SSSR count). The Morgan fingerprint density at radius 3 is 2.43 bits per heavy atom. The van der Waals surface area contributed by atoms with Gasteiger partial charge in [-0.3, -0.25) is 4.99 Å². The third-order valence-electron chi connectivity index (χ3n) is 4.77. The second-order valence-corrected chi connectivity index (χ2v) is 7.10. The predicted molar refractivity (Wildman–Crippen MR) is 113 cm³/mol. The molecule has 0 unspecified atom stereocenters. The summed E-state index contributed by atoms with van der Waals surface area (Å²) < 4.78 is 11.4. The molecule has 2 aromatic rings. The average Bonchev–Trinajstić information content (AvgIpc) is 3.57. The summed E-state index contributed by atoms with van der Waals surface area (Å²) in [5, 5.41) is 6.74. The van der Waals surface area contributed by atoms with E-state index in [2.05, 4.69) is 46.0 Å². The van der Waals surface area contributed by atoms with E-state index in [1.165, 1.54) is 24.0 Å². The van der Waals surface area contributed by atoms with Crippen molar-refractivity contribution in [1.29, 1.82) is 0 Å². The van der Waals surface area contributed by atoms with Crippen LogP contribution in [0.15, 0.2) is 53.5 Å². The van der Waals surface area contributed by atoms with Crippen LogP contribution in [0.2, 0.25) is 0 Å². The first-order valence-electron chi connectivity index (χ1n) is 10.1. The summed E-state index contributed by atoms with van der Waals surface area (Å²) in [7, 11) is 1.79. The second-order valence-electron chi connectivity index (χ2n) is 7.10. The van der Waals surface area contributed by atoms with E-state index in [1.54, 1.807) is 7.05 Å². The monoisotopic (exact) mass is 381 g/mol. The third kappa shape index (κ3) is 6.57. The second kappa shape index (κ2) is 10.7. The zero-order chi connectivity index (χ0) is 19.6. The van der Waals surface area contributed by atoms with E-state index in [-0.39, 0.29) is 0 Å². The Morgan fingerprint density at radius 1 is 1.00 bits per heavy atom. The minimum absolute atomic E-state index is 0.662. The molecule has 5 heteroatoms. The van der Waals surface area contributed by atoms with Gasteiger partial charge in [0, 0.05) is 32.3 Å². The van der Waals surface area contributed by atoms with Gasteiger partial charge in [0.1, 0.15) is 5.75 Å². The van der Waals surface area contributed by atoms with E-state index in [4.69, 9.17) is 9.47 Å². The summed E-state index contributed by atoms with van der Waals surface area (Å²) in [5.41, 5.74) is 3.54. The number of nitrogens with zero attached hydrogens (tertiary/aromatic N) is 1. The van der Waals surface area contributed by atoms with Crippen molar-refractivity contribution in [3.05, 3.63) is 65.2 Å². The Labute approximate surface area is 168 Å². The molecule has 0 aliphatic heterocycles. The summed E-state index contributed by atoms with van der Waals surface area (Å²) >= 11 is 0. The highest BCUT2D eigenvalue weighted by Gasteiger charge is 2.22. The molecule has 1 saturated carbocycles. The topological polar surface area (TPSA) is 54.9 Å². The molecule has 2 N–H and O–H groups in total. The van der Waals surface area contributed by atoms with E-state index < -0.39 is 0 Å². The number of aliphatic imine (C=N–C) groups is 1. The number of hydrogen-bond donors (Lipinski definition) is 2. The highest BCUT2D eigenvalue weighted by Crippen LogP contribution is 2.30. The lowest BCUT2D eigenvalue weighted by atomic mass is 10.1. The highest BCUT2D eigenvalue weighted by molar-refractivity contribution is 5.79. The first-order valence-corrected chi connectivity index (χ1v) is 10.1. The molecule has 0 atom stereocenters. The van der Waals surface area contributed by atoms with Crippen molar-refractivity contribution in [3.8, 4) is 5.75 Å². The maximum Gasteiger partial charge on any atom is 0.191 e. The van der Waals surface area contributed by atoms with Crippen LogP contribution < -0.4 is 15.4 Å². The Morgan fingerprint density at radius 2 is 1.71 bits per heavy atom. The van der Waals surface area contributed by atoms with Gasteiger partial charge in [0.2, 0.25) is 0 Å². The van der Waals surface area contributed by atoms with Crippen LogP contribution in [0.25, 0.3) is 0 Å². The van der Waals surface area contributed by atoms with Crippen LogP contribution in [0.5, 0.6) is 5.75 Å². The van der Waals surface area contributed by atoms with Crippen LogP contribution in [0.1, 0.15) is 36.5 Å². The minimum atomic E-state index is 0.662. The van der Waals surface area contributed by atoms with Crippen molar-refractivity contribution in [3.63, 3.8) is 0 Å². The normalized spacial score (nSPS) is 14.0. The van der Waals surface area contributed by atoms with Crippen molar-refractivity contribution in [1.82, 2.24) is 10.6 Å². The van der Waals surface area contributed by atoms with Gasteiger partial charge in [-0.25, -0.2) is 0 Å². The van der Waals surface area contributed by atoms with Crippen LogP contribution in [-0.2, 0) is 24.4 Å². The Kier molecular flexibility index (Phi) is 7.73. The van der Waals surface area contributed by atoms with E-state index in [9.17, 15) is 0 Å². The number of ether oxygens (including phenoxy) is 2. The molecule has 0 bridgehead atoms. The largest absolute Gasteiger partial charge is 0.493 e. The maximum atomic E-state index is 5.98. The van der Waals surface area contributed by atoms with Crippen molar-refractivity contribution in [2.24, 2.45) is 10.9 Å². The van der Waals surface area contributed by atoms with Crippen molar-refractivity contribution < 1.29 is 9.47 Å². The quantitative estimate of drug-likeness (QED) is 0.484. The summed E-state index contributed by atoms with van der Waals surface area (Å²) in [4.78, 5) is 4.32. The minimum Gasteiger partial charge on any atom is -0.493 e. The molecule has 28 heavy (non-hydrogen) atoms. The van der Waals surface area contributed by atoms with Gasteiger partial charge in [0.15, 0.2) is 5.96 Å². The van der Waals surface area contributed by atoms with Gasteiger partial charge in [0.05, 0.1) is 13.2 Å². The molecule has 0 amide bonds. The smallest absolute Gasteiger partial charge is 0.191 e. The number of benzene rings is 2. The lowest BCUT2D eigenvalue weighted by Crippen LogP contribution is -2.36. The van der Waals surface area contributed by atoms with Gasteiger partial charge in [0.25, 0.3) is 0 Å². The van der Waals surface area contributed by atoms with E-state index in [0.717, 1.165) is 36.4 Å². The van der Waals surface area contributed by atoms with Gasteiger partial charge < -0.3 is 20.1 Å². The van der Waals surface area contributed by atoms with Gasteiger partial charge in [-0.2, -0.15) is 0 Å². The van der Waals surface area contributed by atoms with Crippen LogP contribution in [-0.4, -0.2) is 26.2 Å². The van der Waals surface area contributed by atoms with E-state index in [1.807, 2.05) is 25.1 Å². The lowest BCUT2D eigenvalue weighted by Gasteiger charge is -2.15. The molecule has 0 heterocycles. The number of guanidine groups is 1. The zero-order valence-corrected chi connectivity index (χ0v) is 16.9. The zero-order valence-electron chi connectivity index (χ0n) is 16.9. The van der Waals surface area contributed by atoms with Crippen molar-refractivity contribution in [2.75, 3.05) is 20.3 Å². The van der Waals surface area contributed by atoms with Crippen LogP contribution in [0.4, 0.5) is 0 Å². The number of para-hydroxylation sites is 1. The van der Waals surface area contributed by atoms with E-state index in [0.29, 0.717) is 19.7 Å². The van der Waals surface area contributed by atoms with Gasteiger partial charge >= 0.3 is 0 Å². The Hall–Kier alpha value is -2.53. The number of hydrogen-bond acceptors (Lipinski definition) is 3. The van der Waals surface area contributed by atoms with Gasteiger partial charge in [-0.15, -0.1) is 0 Å². The molecule has 1 aliphatic carbocycles. The molecule has 0 spiro atoms. The number of nitrogens with one attached hydrogen (secondary N) is 2. The molecular formula is C23H31N3O2. The maximum absolute atomic E-state index is 5.98. The van der Waals surface area contributed by atoms with Crippen LogP contribution in [0, 0.1) is 5.92 Å². The van der Waals surface area contributed by atoms with Gasteiger partial charge in [-0.1, -0.05) is 42.5 Å². The van der Waals surface area contributed by atoms with Crippen LogP contribution >= 0.6 is 0 Å².